The molecule has 1 fully saturated rings. The van der Waals surface area contributed by atoms with Crippen molar-refractivity contribution in [3.05, 3.63) is 71.7 Å². The van der Waals surface area contributed by atoms with E-state index in [-0.39, 0.29) is 17.8 Å². The number of aromatic nitrogens is 2. The molecule has 1 aromatic heterocycles. The monoisotopic (exact) mass is 420 g/mol. The summed E-state index contributed by atoms with van der Waals surface area (Å²) < 4.78 is 15.9. The average Bonchev–Trinajstić information content (AvgIpc) is 3.33. The summed E-state index contributed by atoms with van der Waals surface area (Å²) in [6.07, 6.45) is 3.50. The average molecular weight is 421 g/mol. The molecule has 5 nitrogen and oxygen atoms in total. The van der Waals surface area contributed by atoms with Crippen LogP contribution in [0.25, 0.3) is 16.9 Å². The standard InChI is InChI=1S/C25H29FN4O/c1-17(2)29(16-22-10-11-24(31)27-22)14-20-15-30(23-9-4-6-18(3)12-23)28-25(20)19-7-5-8-21(26)13-19/h4-9,12-13,15,17,22H,10-11,14,16H2,1-3H3,(H,27,31)/t22-/m0/s1. The van der Waals surface area contributed by atoms with Crippen LogP contribution in [0.1, 0.15) is 37.8 Å². The normalized spacial score (nSPS) is 16.3. The van der Waals surface area contributed by atoms with Gasteiger partial charge in [-0.25, -0.2) is 9.07 Å². The number of hydrogen-bond donors (Lipinski definition) is 1. The molecule has 0 saturated carbocycles. The van der Waals surface area contributed by atoms with Crippen molar-refractivity contribution in [3.8, 4) is 16.9 Å². The zero-order valence-electron chi connectivity index (χ0n) is 18.3. The molecule has 4 rings (SSSR count). The van der Waals surface area contributed by atoms with E-state index in [1.807, 2.05) is 29.1 Å². The number of rotatable bonds is 7. The fourth-order valence-corrected chi connectivity index (χ4v) is 4.08. The van der Waals surface area contributed by atoms with Crippen LogP contribution in [0.5, 0.6) is 0 Å². The van der Waals surface area contributed by atoms with Crippen molar-refractivity contribution in [2.24, 2.45) is 0 Å². The van der Waals surface area contributed by atoms with Gasteiger partial charge in [-0.1, -0.05) is 24.3 Å². The lowest BCUT2D eigenvalue weighted by Crippen LogP contribution is -2.41. The van der Waals surface area contributed by atoms with Crippen molar-refractivity contribution in [3.63, 3.8) is 0 Å². The van der Waals surface area contributed by atoms with E-state index >= 15 is 0 Å². The number of aryl methyl sites for hydroxylation is 1. The highest BCUT2D eigenvalue weighted by Crippen LogP contribution is 2.27. The molecule has 1 aliphatic rings. The Bertz CT molecular complexity index is 1070. The second kappa shape index (κ2) is 9.02. The Morgan fingerprint density at radius 1 is 1.23 bits per heavy atom. The molecule has 0 bridgehead atoms. The Morgan fingerprint density at radius 2 is 2.03 bits per heavy atom. The lowest BCUT2D eigenvalue weighted by atomic mass is 10.1. The zero-order chi connectivity index (χ0) is 22.0. The van der Waals surface area contributed by atoms with Crippen LogP contribution >= 0.6 is 0 Å². The molecule has 1 saturated heterocycles. The summed E-state index contributed by atoms with van der Waals surface area (Å²) in [6.45, 7) is 7.81. The molecular formula is C25H29FN4O. The van der Waals surface area contributed by atoms with Crippen LogP contribution in [-0.4, -0.2) is 39.2 Å². The van der Waals surface area contributed by atoms with E-state index in [0.717, 1.165) is 41.0 Å². The van der Waals surface area contributed by atoms with Crippen molar-refractivity contribution < 1.29 is 9.18 Å². The van der Waals surface area contributed by atoms with Crippen molar-refractivity contribution in [2.45, 2.75) is 52.2 Å². The van der Waals surface area contributed by atoms with Gasteiger partial charge >= 0.3 is 0 Å². The minimum Gasteiger partial charge on any atom is -0.352 e. The first-order chi connectivity index (χ1) is 14.9. The third-order valence-corrected chi connectivity index (χ3v) is 5.80. The van der Waals surface area contributed by atoms with E-state index in [2.05, 4.69) is 43.1 Å². The fourth-order valence-electron chi connectivity index (χ4n) is 4.08. The second-order valence-corrected chi connectivity index (χ2v) is 8.62. The van der Waals surface area contributed by atoms with Gasteiger partial charge in [0.25, 0.3) is 0 Å². The van der Waals surface area contributed by atoms with Crippen LogP contribution in [-0.2, 0) is 11.3 Å². The van der Waals surface area contributed by atoms with Crippen molar-refractivity contribution in [2.75, 3.05) is 6.54 Å². The van der Waals surface area contributed by atoms with Crippen LogP contribution in [0.2, 0.25) is 0 Å². The van der Waals surface area contributed by atoms with E-state index in [1.165, 1.54) is 12.1 Å². The predicted molar refractivity (Wildman–Crippen MR) is 120 cm³/mol. The highest BCUT2D eigenvalue weighted by atomic mass is 19.1. The first-order valence-corrected chi connectivity index (χ1v) is 10.8. The van der Waals surface area contributed by atoms with Crippen LogP contribution in [0.15, 0.2) is 54.7 Å². The number of carbonyl (C=O) groups is 1. The molecule has 0 unspecified atom stereocenters. The predicted octanol–water partition coefficient (Wildman–Crippen LogP) is 4.48. The molecule has 1 N–H and O–H groups in total. The lowest BCUT2D eigenvalue weighted by molar-refractivity contribution is -0.119. The molecule has 2 heterocycles. The quantitative estimate of drug-likeness (QED) is 0.613. The maximum atomic E-state index is 14.0. The SMILES string of the molecule is Cc1cccc(-n2cc(CN(C[C@@H]3CCC(=O)N3)C(C)C)c(-c3cccc(F)c3)n2)c1. The van der Waals surface area contributed by atoms with E-state index in [0.29, 0.717) is 19.0 Å². The third-order valence-electron chi connectivity index (χ3n) is 5.80. The van der Waals surface area contributed by atoms with Gasteiger partial charge in [-0.05, 0) is 57.0 Å². The summed E-state index contributed by atoms with van der Waals surface area (Å²) in [5.41, 5.74) is 4.71. The first kappa shape index (κ1) is 21.2. The van der Waals surface area contributed by atoms with Gasteiger partial charge in [0.2, 0.25) is 5.91 Å². The molecule has 2 aromatic carbocycles. The minimum absolute atomic E-state index is 0.126. The van der Waals surface area contributed by atoms with E-state index in [1.54, 1.807) is 6.07 Å². The Labute approximate surface area is 182 Å². The van der Waals surface area contributed by atoms with Crippen LogP contribution in [0.4, 0.5) is 4.39 Å². The first-order valence-electron chi connectivity index (χ1n) is 10.8. The van der Waals surface area contributed by atoms with Crippen LogP contribution in [0, 0.1) is 12.7 Å². The van der Waals surface area contributed by atoms with E-state index < -0.39 is 0 Å². The molecule has 1 aliphatic heterocycles. The topological polar surface area (TPSA) is 50.2 Å². The van der Waals surface area contributed by atoms with Gasteiger partial charge in [-0.3, -0.25) is 9.69 Å². The number of hydrogen-bond acceptors (Lipinski definition) is 3. The number of amides is 1. The molecule has 3 aromatic rings. The van der Waals surface area contributed by atoms with Gasteiger partial charge in [-0.15, -0.1) is 0 Å². The molecule has 31 heavy (non-hydrogen) atoms. The molecule has 1 atom stereocenters. The Hall–Kier alpha value is -2.99. The molecule has 1 amide bonds. The molecule has 6 heteroatoms. The molecule has 0 radical (unpaired) electrons. The molecule has 0 spiro atoms. The molecular weight excluding hydrogens is 391 g/mol. The smallest absolute Gasteiger partial charge is 0.220 e. The summed E-state index contributed by atoms with van der Waals surface area (Å²) in [6, 6.07) is 15.2. The third kappa shape index (κ3) is 5.02. The van der Waals surface area contributed by atoms with Gasteiger partial charge < -0.3 is 5.32 Å². The summed E-state index contributed by atoms with van der Waals surface area (Å²) >= 11 is 0. The Kier molecular flexibility index (Phi) is 6.18. The van der Waals surface area contributed by atoms with Gasteiger partial charge in [0.05, 0.1) is 11.4 Å². The number of nitrogens with one attached hydrogen (secondary N) is 1. The van der Waals surface area contributed by atoms with Gasteiger partial charge in [0.1, 0.15) is 5.82 Å². The largest absolute Gasteiger partial charge is 0.352 e. The molecule has 0 aliphatic carbocycles. The maximum absolute atomic E-state index is 14.0. The highest BCUT2D eigenvalue weighted by molar-refractivity contribution is 5.78. The van der Waals surface area contributed by atoms with Gasteiger partial charge in [0, 0.05) is 48.9 Å². The molecule has 162 valence electrons. The van der Waals surface area contributed by atoms with E-state index in [9.17, 15) is 9.18 Å². The minimum atomic E-state index is -0.275. The summed E-state index contributed by atoms with van der Waals surface area (Å²) in [7, 11) is 0. The fraction of sp³-hybridized carbons (Fsp3) is 0.360. The summed E-state index contributed by atoms with van der Waals surface area (Å²) in [5.74, 6) is -0.149. The van der Waals surface area contributed by atoms with Crippen molar-refractivity contribution in [1.82, 2.24) is 20.0 Å². The zero-order valence-corrected chi connectivity index (χ0v) is 18.3. The Balaban J connectivity index is 1.69. The number of carbonyl (C=O) groups excluding carboxylic acids is 1. The van der Waals surface area contributed by atoms with E-state index in [4.69, 9.17) is 5.10 Å². The van der Waals surface area contributed by atoms with Crippen LogP contribution in [0.3, 0.4) is 0 Å². The number of benzene rings is 2. The number of halogens is 1. The second-order valence-electron chi connectivity index (χ2n) is 8.62. The van der Waals surface area contributed by atoms with Crippen molar-refractivity contribution in [1.29, 1.82) is 0 Å². The van der Waals surface area contributed by atoms with Crippen LogP contribution < -0.4 is 5.32 Å². The maximum Gasteiger partial charge on any atom is 0.220 e. The van der Waals surface area contributed by atoms with Crippen molar-refractivity contribution >= 4 is 5.91 Å². The number of nitrogens with zero attached hydrogens (tertiary/aromatic N) is 3. The highest BCUT2D eigenvalue weighted by Gasteiger charge is 2.25. The summed E-state index contributed by atoms with van der Waals surface area (Å²) in [5, 5.41) is 7.91. The van der Waals surface area contributed by atoms with Gasteiger partial charge in [-0.2, -0.15) is 5.10 Å². The van der Waals surface area contributed by atoms with Gasteiger partial charge in [0.15, 0.2) is 0 Å². The lowest BCUT2D eigenvalue weighted by Gasteiger charge is -2.29. The Morgan fingerprint density at radius 3 is 2.71 bits per heavy atom. The summed E-state index contributed by atoms with van der Waals surface area (Å²) in [4.78, 5) is 14.0.